The third kappa shape index (κ3) is 3.35. The highest BCUT2D eigenvalue weighted by molar-refractivity contribution is 6.31. The van der Waals surface area contributed by atoms with Crippen LogP contribution in [0.2, 0.25) is 5.02 Å². The first-order chi connectivity index (χ1) is 10.8. The molecule has 0 aliphatic rings. The molecule has 0 N–H and O–H groups in total. The summed E-state index contributed by atoms with van der Waals surface area (Å²) in [4.78, 5) is 8.41. The number of nitrogens with zero attached hydrogens (tertiary/aromatic N) is 2. The fourth-order valence-corrected chi connectivity index (χ4v) is 2.31. The van der Waals surface area contributed by atoms with Crippen molar-refractivity contribution in [1.82, 2.24) is 9.97 Å². The van der Waals surface area contributed by atoms with Gasteiger partial charge >= 0.3 is 0 Å². The number of methoxy groups -OCH3 is 1. The van der Waals surface area contributed by atoms with Gasteiger partial charge in [-0.2, -0.15) is 0 Å². The maximum absolute atomic E-state index is 5.98. The smallest absolute Gasteiger partial charge is 0.230 e. The van der Waals surface area contributed by atoms with Gasteiger partial charge in [0.1, 0.15) is 12.1 Å². The van der Waals surface area contributed by atoms with Gasteiger partial charge in [0.15, 0.2) is 0 Å². The Kier molecular flexibility index (Phi) is 4.51. The molecule has 2 aromatic carbocycles. The van der Waals surface area contributed by atoms with Crippen LogP contribution in [0.1, 0.15) is 5.56 Å². The van der Waals surface area contributed by atoms with Gasteiger partial charge in [-0.25, -0.2) is 9.97 Å². The highest BCUT2D eigenvalue weighted by Crippen LogP contribution is 2.28. The first kappa shape index (κ1) is 14.8. The van der Waals surface area contributed by atoms with Gasteiger partial charge in [-0.15, -0.1) is 0 Å². The van der Waals surface area contributed by atoms with Gasteiger partial charge in [-0.1, -0.05) is 23.7 Å². The Labute approximate surface area is 133 Å². The highest BCUT2D eigenvalue weighted by Gasteiger charge is 2.06. The van der Waals surface area contributed by atoms with Crippen molar-refractivity contribution in [2.45, 2.75) is 6.42 Å². The van der Waals surface area contributed by atoms with Crippen LogP contribution in [0.3, 0.4) is 0 Å². The lowest BCUT2D eigenvalue weighted by molar-refractivity contribution is 0.202. The summed E-state index contributed by atoms with van der Waals surface area (Å²) in [5, 5.41) is 1.47. The summed E-state index contributed by atoms with van der Waals surface area (Å²) in [5.74, 6) is 1.25. The fourth-order valence-electron chi connectivity index (χ4n) is 2.14. The molecule has 5 heteroatoms. The number of hydrogen-bond donors (Lipinski definition) is 0. The largest absolute Gasteiger partial charge is 0.438 e. The van der Waals surface area contributed by atoms with Crippen LogP contribution in [0.4, 0.5) is 0 Å². The summed E-state index contributed by atoms with van der Waals surface area (Å²) in [7, 11) is 1.70. The first-order valence-electron chi connectivity index (χ1n) is 6.92. The van der Waals surface area contributed by atoms with Crippen molar-refractivity contribution < 1.29 is 9.47 Å². The molecule has 1 aromatic heterocycles. The molecule has 4 nitrogen and oxygen atoms in total. The monoisotopic (exact) mass is 314 g/mol. The number of halogens is 1. The average molecular weight is 315 g/mol. The van der Waals surface area contributed by atoms with Crippen LogP contribution in [-0.2, 0) is 11.2 Å². The Bertz CT molecular complexity index is 775. The third-order valence-electron chi connectivity index (χ3n) is 3.29. The molecule has 0 saturated carbocycles. The Balaban J connectivity index is 1.84. The molecule has 0 amide bonds. The van der Waals surface area contributed by atoms with E-state index in [2.05, 4.69) is 9.97 Å². The van der Waals surface area contributed by atoms with Crippen molar-refractivity contribution in [2.75, 3.05) is 13.7 Å². The molecule has 0 aliphatic carbocycles. The van der Waals surface area contributed by atoms with Crippen molar-refractivity contribution in [2.24, 2.45) is 0 Å². The number of ether oxygens (including phenoxy) is 2. The maximum atomic E-state index is 5.98. The van der Waals surface area contributed by atoms with E-state index in [1.165, 1.54) is 11.9 Å². The Hall–Kier alpha value is -2.17. The Morgan fingerprint density at radius 3 is 2.64 bits per heavy atom. The summed E-state index contributed by atoms with van der Waals surface area (Å²) in [5.41, 5.74) is 1.96. The van der Waals surface area contributed by atoms with E-state index < -0.39 is 0 Å². The van der Waals surface area contributed by atoms with Gasteiger partial charge in [0.05, 0.1) is 17.5 Å². The Morgan fingerprint density at radius 2 is 1.86 bits per heavy atom. The molecule has 0 spiro atoms. The molecule has 1 heterocycles. The minimum absolute atomic E-state index is 0.520. The van der Waals surface area contributed by atoms with E-state index in [1.54, 1.807) is 19.2 Å². The van der Waals surface area contributed by atoms with Crippen molar-refractivity contribution in [3.05, 3.63) is 59.4 Å². The lowest BCUT2D eigenvalue weighted by Gasteiger charge is -2.08. The van der Waals surface area contributed by atoms with Crippen molar-refractivity contribution in [1.29, 1.82) is 0 Å². The second-order valence-electron chi connectivity index (χ2n) is 4.83. The SMILES string of the molecule is COCCc1ccc(Oc2ncnc3cc(Cl)ccc23)cc1. The zero-order chi connectivity index (χ0) is 15.4. The first-order valence-corrected chi connectivity index (χ1v) is 7.30. The normalized spacial score (nSPS) is 10.8. The van der Waals surface area contributed by atoms with E-state index in [4.69, 9.17) is 21.1 Å². The predicted molar refractivity (Wildman–Crippen MR) is 86.6 cm³/mol. The molecule has 3 rings (SSSR count). The molecule has 0 unspecified atom stereocenters. The standard InChI is InChI=1S/C17H15ClN2O2/c1-21-9-8-12-2-5-14(6-3-12)22-17-15-7-4-13(18)10-16(15)19-11-20-17/h2-7,10-11H,8-9H2,1H3. The summed E-state index contributed by atoms with van der Waals surface area (Å²) >= 11 is 5.98. The van der Waals surface area contributed by atoms with E-state index in [-0.39, 0.29) is 0 Å². The maximum Gasteiger partial charge on any atom is 0.230 e. The van der Waals surface area contributed by atoms with Gasteiger partial charge in [-0.05, 0) is 42.3 Å². The molecular formula is C17H15ClN2O2. The lowest BCUT2D eigenvalue weighted by atomic mass is 10.1. The Morgan fingerprint density at radius 1 is 1.05 bits per heavy atom. The van der Waals surface area contributed by atoms with Crippen LogP contribution in [0.15, 0.2) is 48.8 Å². The van der Waals surface area contributed by atoms with Crippen molar-refractivity contribution in [3.63, 3.8) is 0 Å². The number of fused-ring (bicyclic) bond motifs is 1. The van der Waals surface area contributed by atoms with Crippen LogP contribution in [-0.4, -0.2) is 23.7 Å². The average Bonchev–Trinajstić information content (AvgIpc) is 2.54. The summed E-state index contributed by atoms with van der Waals surface area (Å²) in [6.07, 6.45) is 2.35. The van der Waals surface area contributed by atoms with Gasteiger partial charge < -0.3 is 9.47 Å². The number of benzene rings is 2. The van der Waals surface area contributed by atoms with Gasteiger partial charge in [0.2, 0.25) is 5.88 Å². The van der Waals surface area contributed by atoms with Crippen LogP contribution in [0, 0.1) is 0 Å². The van der Waals surface area contributed by atoms with Gasteiger partial charge in [0, 0.05) is 12.1 Å². The summed E-state index contributed by atoms with van der Waals surface area (Å²) < 4.78 is 10.9. The van der Waals surface area contributed by atoms with E-state index >= 15 is 0 Å². The molecule has 112 valence electrons. The molecule has 0 bridgehead atoms. The second kappa shape index (κ2) is 6.73. The van der Waals surface area contributed by atoms with E-state index in [1.807, 2.05) is 30.3 Å². The molecular weight excluding hydrogens is 300 g/mol. The number of aromatic nitrogens is 2. The lowest BCUT2D eigenvalue weighted by Crippen LogP contribution is -1.95. The number of rotatable bonds is 5. The molecule has 0 atom stereocenters. The molecule has 0 fully saturated rings. The van der Waals surface area contributed by atoms with Gasteiger partial charge in [-0.3, -0.25) is 0 Å². The molecule has 22 heavy (non-hydrogen) atoms. The molecule has 0 saturated heterocycles. The van der Waals surface area contributed by atoms with Crippen LogP contribution in [0.5, 0.6) is 11.6 Å². The molecule has 3 aromatic rings. The predicted octanol–water partition coefficient (Wildman–Crippen LogP) is 4.26. The van der Waals surface area contributed by atoms with E-state index in [9.17, 15) is 0 Å². The van der Waals surface area contributed by atoms with Crippen LogP contribution >= 0.6 is 11.6 Å². The topological polar surface area (TPSA) is 44.2 Å². The molecule has 0 aliphatic heterocycles. The summed E-state index contributed by atoms with van der Waals surface area (Å²) in [6.45, 7) is 0.706. The van der Waals surface area contributed by atoms with Crippen molar-refractivity contribution in [3.8, 4) is 11.6 Å². The minimum Gasteiger partial charge on any atom is -0.438 e. The fraction of sp³-hybridized carbons (Fsp3) is 0.176. The summed E-state index contributed by atoms with van der Waals surface area (Å²) in [6, 6.07) is 13.3. The molecule has 0 radical (unpaired) electrons. The van der Waals surface area contributed by atoms with E-state index in [0.717, 1.165) is 23.1 Å². The van der Waals surface area contributed by atoms with Crippen LogP contribution < -0.4 is 4.74 Å². The minimum atomic E-state index is 0.520. The quantitative estimate of drug-likeness (QED) is 0.705. The zero-order valence-corrected chi connectivity index (χ0v) is 12.9. The van der Waals surface area contributed by atoms with Crippen molar-refractivity contribution >= 4 is 22.5 Å². The van der Waals surface area contributed by atoms with E-state index in [0.29, 0.717) is 17.5 Å². The zero-order valence-electron chi connectivity index (χ0n) is 12.1. The number of hydrogen-bond acceptors (Lipinski definition) is 4. The van der Waals surface area contributed by atoms with Crippen LogP contribution in [0.25, 0.3) is 10.9 Å². The highest BCUT2D eigenvalue weighted by atomic mass is 35.5. The van der Waals surface area contributed by atoms with Gasteiger partial charge in [0.25, 0.3) is 0 Å². The second-order valence-corrected chi connectivity index (χ2v) is 5.27. The third-order valence-corrected chi connectivity index (χ3v) is 3.53.